The van der Waals surface area contributed by atoms with Gasteiger partial charge in [0.05, 0.1) is 24.0 Å². The van der Waals surface area contributed by atoms with Gasteiger partial charge in [-0.15, -0.1) is 5.10 Å². The van der Waals surface area contributed by atoms with E-state index in [0.717, 1.165) is 53.1 Å². The average molecular weight is 421 g/mol. The molecule has 0 aromatic carbocycles. The molecule has 1 N–H and O–H groups in total. The van der Waals surface area contributed by atoms with E-state index in [1.807, 2.05) is 42.0 Å². The predicted octanol–water partition coefficient (Wildman–Crippen LogP) is 2.60. The SMILES string of the molecule is COCCn1c(C)nc2ccc(-c3ccn4nc(NC5CC(N(C)C)C5)ncc34)nc21. The van der Waals surface area contributed by atoms with E-state index < -0.39 is 0 Å². The molecule has 1 saturated carbocycles. The van der Waals surface area contributed by atoms with Gasteiger partial charge in [-0.2, -0.15) is 0 Å². The zero-order chi connectivity index (χ0) is 21.5. The third-order valence-electron chi connectivity index (χ3n) is 6.17. The van der Waals surface area contributed by atoms with Gasteiger partial charge in [-0.1, -0.05) is 0 Å². The van der Waals surface area contributed by atoms with Crippen molar-refractivity contribution in [1.29, 1.82) is 0 Å². The first-order valence-electron chi connectivity index (χ1n) is 10.6. The van der Waals surface area contributed by atoms with Crippen molar-refractivity contribution in [2.24, 2.45) is 0 Å². The molecule has 0 saturated heterocycles. The van der Waals surface area contributed by atoms with E-state index in [1.54, 1.807) is 7.11 Å². The number of anilines is 1. The Bertz CT molecular complexity index is 1220. The molecule has 4 aromatic heterocycles. The number of nitrogens with zero attached hydrogens (tertiary/aromatic N) is 7. The molecule has 31 heavy (non-hydrogen) atoms. The van der Waals surface area contributed by atoms with E-state index in [9.17, 15) is 0 Å². The van der Waals surface area contributed by atoms with Crippen molar-refractivity contribution in [3.63, 3.8) is 0 Å². The molecule has 0 aliphatic heterocycles. The number of aryl methyl sites for hydroxylation is 1. The Kier molecular flexibility index (Phi) is 5.07. The fraction of sp³-hybridized carbons (Fsp3) is 0.455. The Labute approximate surface area is 181 Å². The Balaban J connectivity index is 1.42. The Morgan fingerprint density at radius 3 is 2.81 bits per heavy atom. The van der Waals surface area contributed by atoms with E-state index in [0.29, 0.717) is 24.6 Å². The number of ether oxygens (including phenoxy) is 1. The lowest BCUT2D eigenvalue weighted by atomic mass is 9.86. The van der Waals surface area contributed by atoms with E-state index in [2.05, 4.69) is 43.9 Å². The quantitative estimate of drug-likeness (QED) is 0.492. The Hall–Kier alpha value is -3.04. The van der Waals surface area contributed by atoms with Crippen LogP contribution in [0.3, 0.4) is 0 Å². The smallest absolute Gasteiger partial charge is 0.241 e. The summed E-state index contributed by atoms with van der Waals surface area (Å²) in [5.41, 5.74) is 4.57. The summed E-state index contributed by atoms with van der Waals surface area (Å²) in [6, 6.07) is 7.13. The number of rotatable bonds is 7. The summed E-state index contributed by atoms with van der Waals surface area (Å²) in [4.78, 5) is 16.4. The largest absolute Gasteiger partial charge is 0.383 e. The van der Waals surface area contributed by atoms with Gasteiger partial charge >= 0.3 is 0 Å². The van der Waals surface area contributed by atoms with Gasteiger partial charge in [0.1, 0.15) is 11.3 Å². The molecule has 5 rings (SSSR count). The second kappa shape index (κ2) is 7.90. The van der Waals surface area contributed by atoms with Gasteiger partial charge in [-0.25, -0.2) is 19.5 Å². The van der Waals surface area contributed by atoms with Crippen LogP contribution in [0.1, 0.15) is 18.7 Å². The van der Waals surface area contributed by atoms with Crippen molar-refractivity contribution in [2.45, 2.75) is 38.4 Å². The summed E-state index contributed by atoms with van der Waals surface area (Å²) in [5, 5.41) is 8.11. The zero-order valence-electron chi connectivity index (χ0n) is 18.4. The molecule has 9 heteroatoms. The number of aromatic nitrogens is 6. The van der Waals surface area contributed by atoms with E-state index >= 15 is 0 Å². The number of hydrogen-bond donors (Lipinski definition) is 1. The van der Waals surface area contributed by atoms with Crippen molar-refractivity contribution < 1.29 is 4.74 Å². The Morgan fingerprint density at radius 1 is 1.19 bits per heavy atom. The minimum absolute atomic E-state index is 0.430. The Morgan fingerprint density at radius 2 is 2.03 bits per heavy atom. The van der Waals surface area contributed by atoms with Crippen LogP contribution in [0, 0.1) is 6.92 Å². The van der Waals surface area contributed by atoms with Crippen molar-refractivity contribution >= 4 is 22.6 Å². The van der Waals surface area contributed by atoms with Gasteiger partial charge in [-0.3, -0.25) is 0 Å². The molecule has 1 fully saturated rings. The van der Waals surface area contributed by atoms with E-state index in [-0.39, 0.29) is 0 Å². The van der Waals surface area contributed by atoms with Crippen molar-refractivity contribution in [3.8, 4) is 11.3 Å². The maximum atomic E-state index is 5.24. The highest BCUT2D eigenvalue weighted by molar-refractivity contribution is 5.82. The standard InChI is InChI=1S/C22H28N8O/c1-14-24-19-6-5-18(26-21(19)29(14)9-10-31-4)17-7-8-30-20(17)13-23-22(27-30)25-15-11-16(12-15)28(2)3/h5-8,13,15-16H,9-12H2,1-4H3,(H,25,27). The summed E-state index contributed by atoms with van der Waals surface area (Å²) in [5.74, 6) is 1.60. The number of methoxy groups -OCH3 is 1. The van der Waals surface area contributed by atoms with E-state index in [4.69, 9.17) is 9.72 Å². The molecule has 162 valence electrons. The first kappa shape index (κ1) is 19.9. The lowest BCUT2D eigenvalue weighted by molar-refractivity contribution is 0.177. The molecule has 0 bridgehead atoms. The van der Waals surface area contributed by atoms with Crippen LogP contribution in [-0.4, -0.2) is 73.9 Å². The number of fused-ring (bicyclic) bond motifs is 2. The molecule has 0 unspecified atom stereocenters. The minimum Gasteiger partial charge on any atom is -0.383 e. The van der Waals surface area contributed by atoms with Crippen molar-refractivity contribution in [2.75, 3.05) is 33.1 Å². The maximum Gasteiger partial charge on any atom is 0.241 e. The molecule has 1 aliphatic rings. The van der Waals surface area contributed by atoms with Crippen LogP contribution in [0.4, 0.5) is 5.95 Å². The summed E-state index contributed by atoms with van der Waals surface area (Å²) < 4.78 is 9.21. The van der Waals surface area contributed by atoms with Crippen LogP contribution in [0.15, 0.2) is 30.6 Å². The highest BCUT2D eigenvalue weighted by Crippen LogP contribution is 2.28. The fourth-order valence-corrected chi connectivity index (χ4v) is 4.21. The second-order valence-electron chi connectivity index (χ2n) is 8.41. The van der Waals surface area contributed by atoms with Gasteiger partial charge in [0, 0.05) is 37.5 Å². The topological polar surface area (TPSA) is 85.4 Å². The predicted molar refractivity (Wildman–Crippen MR) is 120 cm³/mol. The zero-order valence-corrected chi connectivity index (χ0v) is 18.4. The summed E-state index contributed by atoms with van der Waals surface area (Å²) in [6.45, 7) is 3.34. The molecule has 0 atom stereocenters. The van der Waals surface area contributed by atoms with Crippen LogP contribution in [0.2, 0.25) is 0 Å². The van der Waals surface area contributed by atoms with Crippen LogP contribution in [0.25, 0.3) is 27.9 Å². The van der Waals surface area contributed by atoms with Gasteiger partial charge < -0.3 is 19.5 Å². The second-order valence-corrected chi connectivity index (χ2v) is 8.41. The molecule has 0 amide bonds. The monoisotopic (exact) mass is 420 g/mol. The summed E-state index contributed by atoms with van der Waals surface area (Å²) >= 11 is 0. The first-order chi connectivity index (χ1) is 15.0. The lowest BCUT2D eigenvalue weighted by Crippen LogP contribution is -2.47. The summed E-state index contributed by atoms with van der Waals surface area (Å²) in [7, 11) is 5.96. The van der Waals surface area contributed by atoms with Gasteiger partial charge in [0.25, 0.3) is 0 Å². The van der Waals surface area contributed by atoms with Crippen molar-refractivity contribution in [3.05, 3.63) is 36.4 Å². The molecule has 1 aliphatic carbocycles. The normalized spacial score (nSPS) is 18.7. The van der Waals surface area contributed by atoms with Crippen LogP contribution in [0.5, 0.6) is 0 Å². The first-order valence-corrected chi connectivity index (χ1v) is 10.6. The van der Waals surface area contributed by atoms with Gasteiger partial charge in [-0.05, 0) is 52.1 Å². The molecule has 4 aromatic rings. The maximum absolute atomic E-state index is 5.24. The van der Waals surface area contributed by atoms with Crippen LogP contribution < -0.4 is 5.32 Å². The molecule has 0 radical (unpaired) electrons. The third-order valence-corrected chi connectivity index (χ3v) is 6.17. The number of hydrogen-bond acceptors (Lipinski definition) is 7. The third kappa shape index (κ3) is 3.64. The average Bonchev–Trinajstić information content (AvgIpc) is 3.27. The fourth-order valence-electron chi connectivity index (χ4n) is 4.21. The minimum atomic E-state index is 0.430. The molecule has 4 heterocycles. The van der Waals surface area contributed by atoms with Crippen molar-refractivity contribution in [1.82, 2.24) is 34.0 Å². The van der Waals surface area contributed by atoms with Gasteiger partial charge in [0.2, 0.25) is 5.95 Å². The van der Waals surface area contributed by atoms with Crippen LogP contribution in [-0.2, 0) is 11.3 Å². The van der Waals surface area contributed by atoms with Gasteiger partial charge in [0.15, 0.2) is 5.65 Å². The molecule has 9 nitrogen and oxygen atoms in total. The molecular weight excluding hydrogens is 392 g/mol. The number of nitrogens with one attached hydrogen (secondary N) is 1. The number of imidazole rings is 1. The summed E-state index contributed by atoms with van der Waals surface area (Å²) in [6.07, 6.45) is 6.06. The highest BCUT2D eigenvalue weighted by Gasteiger charge is 2.31. The number of pyridine rings is 1. The lowest BCUT2D eigenvalue weighted by Gasteiger charge is -2.39. The molecular formula is C22H28N8O. The van der Waals surface area contributed by atoms with E-state index in [1.165, 1.54) is 0 Å². The van der Waals surface area contributed by atoms with Crippen LogP contribution >= 0.6 is 0 Å². The molecule has 0 spiro atoms. The highest BCUT2D eigenvalue weighted by atomic mass is 16.5.